The number of hydrogen-bond acceptors (Lipinski definition) is 3. The van der Waals surface area contributed by atoms with Crippen molar-refractivity contribution in [3.63, 3.8) is 0 Å². The molecule has 26 heavy (non-hydrogen) atoms. The molecule has 0 spiro atoms. The standard InChI is InChI=1S/C21H19N3OS/c1-15(2)26(25)19-8-5-16(6-9-19)20-13-23-21-10-7-18(14-24(20)21)17-4-3-11-22-12-17/h3-15H,1-2H3. The number of rotatable bonds is 4. The molecule has 3 heterocycles. The van der Waals surface area contributed by atoms with Crippen LogP contribution >= 0.6 is 0 Å². The predicted molar refractivity (Wildman–Crippen MR) is 105 cm³/mol. The molecule has 4 nitrogen and oxygen atoms in total. The van der Waals surface area contributed by atoms with Crippen LogP contribution in [-0.4, -0.2) is 24.2 Å². The topological polar surface area (TPSA) is 53.2 Å². The van der Waals surface area contributed by atoms with Crippen molar-refractivity contribution in [1.82, 2.24) is 14.4 Å². The molecule has 4 rings (SSSR count). The molecule has 3 aromatic heterocycles. The van der Waals surface area contributed by atoms with E-state index in [4.69, 9.17) is 0 Å². The van der Waals surface area contributed by atoms with E-state index >= 15 is 0 Å². The molecule has 1 atom stereocenters. The Morgan fingerprint density at radius 2 is 1.69 bits per heavy atom. The zero-order valence-electron chi connectivity index (χ0n) is 14.7. The molecule has 0 aliphatic rings. The molecule has 0 amide bonds. The average molecular weight is 361 g/mol. The van der Waals surface area contributed by atoms with Crippen molar-refractivity contribution in [3.8, 4) is 22.4 Å². The predicted octanol–water partition coefficient (Wildman–Crippen LogP) is 4.58. The van der Waals surface area contributed by atoms with E-state index in [2.05, 4.69) is 26.6 Å². The lowest BCUT2D eigenvalue weighted by Crippen LogP contribution is -2.13. The Labute approximate surface area is 155 Å². The summed E-state index contributed by atoms with van der Waals surface area (Å²) in [5.41, 5.74) is 5.10. The molecule has 0 fully saturated rings. The minimum absolute atomic E-state index is 0.110. The van der Waals surface area contributed by atoms with Gasteiger partial charge in [0.15, 0.2) is 4.90 Å². The Morgan fingerprint density at radius 3 is 2.38 bits per heavy atom. The van der Waals surface area contributed by atoms with Gasteiger partial charge in [0.05, 0.1) is 11.9 Å². The van der Waals surface area contributed by atoms with Crippen molar-refractivity contribution < 1.29 is 4.55 Å². The Morgan fingerprint density at radius 1 is 0.923 bits per heavy atom. The summed E-state index contributed by atoms with van der Waals surface area (Å²) in [6, 6.07) is 15.9. The van der Waals surface area contributed by atoms with Crippen LogP contribution in [0.5, 0.6) is 0 Å². The lowest BCUT2D eigenvalue weighted by molar-refractivity contribution is 0.586. The Bertz CT molecular complexity index is 1030. The molecule has 5 heteroatoms. The fourth-order valence-electron chi connectivity index (χ4n) is 2.93. The summed E-state index contributed by atoms with van der Waals surface area (Å²) in [7, 11) is 0. The highest BCUT2D eigenvalue weighted by molar-refractivity contribution is 7.92. The normalized spacial score (nSPS) is 12.6. The number of imidazole rings is 1. The third-order valence-electron chi connectivity index (χ3n) is 4.31. The molecule has 0 aliphatic heterocycles. The van der Waals surface area contributed by atoms with Crippen molar-refractivity contribution in [2.75, 3.05) is 0 Å². The molecule has 0 saturated carbocycles. The van der Waals surface area contributed by atoms with Crippen LogP contribution < -0.4 is 0 Å². The van der Waals surface area contributed by atoms with Gasteiger partial charge in [-0.2, -0.15) is 0 Å². The van der Waals surface area contributed by atoms with E-state index < -0.39 is 11.2 Å². The van der Waals surface area contributed by atoms with E-state index in [1.54, 1.807) is 6.20 Å². The van der Waals surface area contributed by atoms with Crippen LogP contribution in [0, 0.1) is 0 Å². The summed E-state index contributed by atoms with van der Waals surface area (Å²) < 4.78 is 14.3. The summed E-state index contributed by atoms with van der Waals surface area (Å²) in [5, 5.41) is 0.110. The SMILES string of the molecule is CC(C)[S+]([O-])c1ccc(-c2cnc3ccc(-c4cccnc4)cn23)cc1. The van der Waals surface area contributed by atoms with Crippen LogP contribution in [0.25, 0.3) is 28.0 Å². The summed E-state index contributed by atoms with van der Waals surface area (Å²) >= 11 is -0.975. The van der Waals surface area contributed by atoms with Crippen molar-refractivity contribution in [3.05, 3.63) is 73.3 Å². The Balaban J connectivity index is 1.75. The lowest BCUT2D eigenvalue weighted by Gasteiger charge is -2.14. The lowest BCUT2D eigenvalue weighted by atomic mass is 10.1. The van der Waals surface area contributed by atoms with Gasteiger partial charge in [-0.3, -0.25) is 9.38 Å². The molecule has 130 valence electrons. The maximum atomic E-state index is 12.2. The number of hydrogen-bond donors (Lipinski definition) is 0. The molecule has 0 radical (unpaired) electrons. The van der Waals surface area contributed by atoms with Gasteiger partial charge >= 0.3 is 0 Å². The van der Waals surface area contributed by atoms with E-state index in [0.29, 0.717) is 0 Å². The quantitative estimate of drug-likeness (QED) is 0.500. The second-order valence-corrected chi connectivity index (χ2v) is 8.41. The summed E-state index contributed by atoms with van der Waals surface area (Å²) in [6.45, 7) is 3.93. The molecule has 0 bridgehead atoms. The molecule has 0 saturated heterocycles. The average Bonchev–Trinajstić information content (AvgIpc) is 3.11. The first kappa shape index (κ1) is 16.8. The number of nitrogens with zero attached hydrogens (tertiary/aromatic N) is 3. The first-order chi connectivity index (χ1) is 12.6. The van der Waals surface area contributed by atoms with Gasteiger partial charge in [-0.15, -0.1) is 0 Å². The van der Waals surface area contributed by atoms with Crippen molar-refractivity contribution >= 4 is 16.8 Å². The van der Waals surface area contributed by atoms with Gasteiger partial charge < -0.3 is 4.55 Å². The van der Waals surface area contributed by atoms with Gasteiger partial charge in [0.25, 0.3) is 0 Å². The van der Waals surface area contributed by atoms with Crippen LogP contribution in [0.1, 0.15) is 13.8 Å². The minimum atomic E-state index is -0.975. The van der Waals surface area contributed by atoms with Gasteiger partial charge in [-0.05, 0) is 67.5 Å². The Hall–Kier alpha value is -2.63. The fraction of sp³-hybridized carbons (Fsp3) is 0.143. The molecule has 1 unspecified atom stereocenters. The second kappa shape index (κ2) is 6.94. The second-order valence-electron chi connectivity index (χ2n) is 6.40. The van der Waals surface area contributed by atoms with E-state index in [9.17, 15) is 4.55 Å². The number of aromatic nitrogens is 3. The van der Waals surface area contributed by atoms with Gasteiger partial charge in [-0.1, -0.05) is 6.07 Å². The van der Waals surface area contributed by atoms with Crippen molar-refractivity contribution in [2.24, 2.45) is 0 Å². The summed E-state index contributed by atoms with van der Waals surface area (Å²) in [4.78, 5) is 9.55. The first-order valence-electron chi connectivity index (χ1n) is 8.52. The maximum absolute atomic E-state index is 12.2. The van der Waals surface area contributed by atoms with Crippen molar-refractivity contribution in [2.45, 2.75) is 24.0 Å². The zero-order valence-corrected chi connectivity index (χ0v) is 15.5. The van der Waals surface area contributed by atoms with Gasteiger partial charge in [0.1, 0.15) is 10.9 Å². The van der Waals surface area contributed by atoms with Crippen LogP contribution in [0.2, 0.25) is 0 Å². The number of benzene rings is 1. The summed E-state index contributed by atoms with van der Waals surface area (Å²) in [6.07, 6.45) is 7.58. The maximum Gasteiger partial charge on any atom is 0.152 e. The first-order valence-corrected chi connectivity index (χ1v) is 9.73. The van der Waals surface area contributed by atoms with E-state index in [-0.39, 0.29) is 5.25 Å². The van der Waals surface area contributed by atoms with E-state index in [0.717, 1.165) is 32.9 Å². The van der Waals surface area contributed by atoms with Crippen LogP contribution in [0.15, 0.2) is 78.2 Å². The zero-order chi connectivity index (χ0) is 18.1. The Kier molecular flexibility index (Phi) is 4.49. The van der Waals surface area contributed by atoms with Crippen LogP contribution in [-0.2, 0) is 11.2 Å². The highest BCUT2D eigenvalue weighted by atomic mass is 32.2. The smallest absolute Gasteiger partial charge is 0.152 e. The molecule has 0 N–H and O–H groups in total. The molecular formula is C21H19N3OS. The third kappa shape index (κ3) is 3.11. The molecule has 4 aromatic rings. The van der Waals surface area contributed by atoms with E-state index in [1.165, 1.54) is 0 Å². The van der Waals surface area contributed by atoms with Crippen LogP contribution in [0.4, 0.5) is 0 Å². The van der Waals surface area contributed by atoms with E-state index in [1.807, 2.05) is 68.7 Å². The molecular weight excluding hydrogens is 342 g/mol. The number of fused-ring (bicyclic) bond motifs is 1. The van der Waals surface area contributed by atoms with Crippen molar-refractivity contribution in [1.29, 1.82) is 0 Å². The summed E-state index contributed by atoms with van der Waals surface area (Å²) in [5.74, 6) is 0. The monoisotopic (exact) mass is 361 g/mol. The molecule has 1 aromatic carbocycles. The van der Waals surface area contributed by atoms with Gasteiger partial charge in [0, 0.05) is 35.3 Å². The molecule has 0 aliphatic carbocycles. The van der Waals surface area contributed by atoms with Gasteiger partial charge in [0.2, 0.25) is 0 Å². The number of pyridine rings is 2. The highest BCUT2D eigenvalue weighted by Gasteiger charge is 2.16. The highest BCUT2D eigenvalue weighted by Crippen LogP contribution is 2.26. The minimum Gasteiger partial charge on any atom is -0.611 e. The third-order valence-corrected chi connectivity index (χ3v) is 5.90. The largest absolute Gasteiger partial charge is 0.611 e. The van der Waals surface area contributed by atoms with Gasteiger partial charge in [-0.25, -0.2) is 4.98 Å². The fourth-order valence-corrected chi connectivity index (χ4v) is 3.88. The van der Waals surface area contributed by atoms with Crippen LogP contribution in [0.3, 0.4) is 0 Å².